The molecule has 42 heavy (non-hydrogen) atoms. The summed E-state index contributed by atoms with van der Waals surface area (Å²) in [5.74, 6) is 0.335. The Bertz CT molecular complexity index is 1910. The molecule has 1 saturated heterocycles. The molecule has 5 aromatic rings. The maximum absolute atomic E-state index is 13.2. The summed E-state index contributed by atoms with van der Waals surface area (Å²) < 4.78 is 46.0. The van der Waals surface area contributed by atoms with Gasteiger partial charge in [0.2, 0.25) is 16.0 Å². The van der Waals surface area contributed by atoms with Crippen molar-refractivity contribution in [3.8, 4) is 28.4 Å². The standard InChI is InChI=1S/C26H24ClN6O6PS2/c27-18-6-8-21(9-7-18)42(37,38)32-12-2-4-19(16-32)29-25-28-11-10-22(30-25)24-23(31-26-33(24)13-14-41-26)17-3-1-5-20(15-17)39-40(34,35)36/h1,3,5-11,13-15,19H,2,4,12,16H2,(H,28,29,30)(H2,34,35,36)/t19-/m1/s1. The highest BCUT2D eigenvalue weighted by Crippen LogP contribution is 2.40. The van der Waals surface area contributed by atoms with Gasteiger partial charge in [-0.1, -0.05) is 23.7 Å². The van der Waals surface area contributed by atoms with E-state index in [0.29, 0.717) is 51.5 Å². The zero-order valence-electron chi connectivity index (χ0n) is 21.7. The second kappa shape index (κ2) is 11.4. The number of fused-ring (bicyclic) bond motifs is 1. The normalized spacial score (nSPS) is 16.5. The molecule has 1 atom stereocenters. The van der Waals surface area contributed by atoms with Crippen LogP contribution in [0.15, 0.2) is 77.3 Å². The molecule has 0 saturated carbocycles. The molecule has 3 aromatic heterocycles. The highest BCUT2D eigenvalue weighted by Gasteiger charge is 2.31. The van der Waals surface area contributed by atoms with Crippen LogP contribution >= 0.6 is 30.8 Å². The van der Waals surface area contributed by atoms with Crippen molar-refractivity contribution in [3.63, 3.8) is 0 Å². The molecule has 3 N–H and O–H groups in total. The molecule has 0 spiro atoms. The zero-order chi connectivity index (χ0) is 29.5. The SMILES string of the molecule is O=P(O)(O)Oc1cccc(-c2nc3sccn3c2-c2ccnc(N[C@@H]3CCCN(S(=O)(=O)c4ccc(Cl)cc4)C3)n2)c1. The molecule has 2 aromatic carbocycles. The van der Waals surface area contributed by atoms with Gasteiger partial charge in [0.25, 0.3) is 0 Å². The van der Waals surface area contributed by atoms with Crippen LogP contribution in [-0.4, -0.2) is 61.0 Å². The first kappa shape index (κ1) is 28.7. The fourth-order valence-corrected chi connectivity index (χ4v) is 7.60. The van der Waals surface area contributed by atoms with E-state index >= 15 is 0 Å². The number of sulfonamides is 1. The Hall–Kier alpha value is -3.36. The molecule has 0 unspecified atom stereocenters. The summed E-state index contributed by atoms with van der Waals surface area (Å²) >= 11 is 7.37. The molecule has 0 amide bonds. The molecular formula is C26H24ClN6O6PS2. The van der Waals surface area contributed by atoms with Gasteiger partial charge < -0.3 is 9.84 Å². The number of rotatable bonds is 8. The Balaban J connectivity index is 1.28. The van der Waals surface area contributed by atoms with Crippen LogP contribution < -0.4 is 9.84 Å². The second-order valence-electron chi connectivity index (χ2n) is 9.54. The number of thiazole rings is 1. The van der Waals surface area contributed by atoms with Gasteiger partial charge in [0.1, 0.15) is 11.4 Å². The van der Waals surface area contributed by atoms with Crippen molar-refractivity contribution in [1.29, 1.82) is 0 Å². The van der Waals surface area contributed by atoms with E-state index in [-0.39, 0.29) is 23.2 Å². The van der Waals surface area contributed by atoms with Crippen LogP contribution in [0.25, 0.3) is 27.6 Å². The van der Waals surface area contributed by atoms with Crippen LogP contribution in [0.4, 0.5) is 5.95 Å². The van der Waals surface area contributed by atoms with Crippen molar-refractivity contribution in [2.75, 3.05) is 18.4 Å². The minimum atomic E-state index is -4.74. The number of anilines is 1. The Kier molecular flexibility index (Phi) is 7.79. The number of hydrogen-bond donors (Lipinski definition) is 3. The summed E-state index contributed by atoms with van der Waals surface area (Å²) in [6, 6.07) is 14.0. The molecule has 1 aliphatic heterocycles. The summed E-state index contributed by atoms with van der Waals surface area (Å²) in [6.07, 6.45) is 4.87. The maximum atomic E-state index is 13.2. The lowest BCUT2D eigenvalue weighted by atomic mass is 10.1. The zero-order valence-corrected chi connectivity index (χ0v) is 25.0. The van der Waals surface area contributed by atoms with Gasteiger partial charge in [-0.15, -0.1) is 11.3 Å². The number of imidazole rings is 1. The fourth-order valence-electron chi connectivity index (χ4n) is 4.85. The maximum Gasteiger partial charge on any atom is 0.524 e. The number of nitrogens with zero attached hydrogens (tertiary/aromatic N) is 5. The van der Waals surface area contributed by atoms with Gasteiger partial charge in [-0.3, -0.25) is 14.2 Å². The van der Waals surface area contributed by atoms with E-state index in [9.17, 15) is 22.8 Å². The number of piperidine rings is 1. The second-order valence-corrected chi connectivity index (χ2v) is 14.0. The molecule has 16 heteroatoms. The molecule has 218 valence electrons. The minimum Gasteiger partial charge on any atom is -0.404 e. The van der Waals surface area contributed by atoms with Crippen molar-refractivity contribution in [2.45, 2.75) is 23.8 Å². The quantitative estimate of drug-likeness (QED) is 0.198. The average molecular weight is 647 g/mol. The van der Waals surface area contributed by atoms with E-state index in [1.165, 1.54) is 39.9 Å². The van der Waals surface area contributed by atoms with Crippen molar-refractivity contribution in [3.05, 3.63) is 77.4 Å². The monoisotopic (exact) mass is 646 g/mol. The predicted molar refractivity (Wildman–Crippen MR) is 159 cm³/mol. The van der Waals surface area contributed by atoms with Crippen LogP contribution in [0, 0.1) is 0 Å². The number of hydrogen-bond acceptors (Lipinski definition) is 9. The van der Waals surface area contributed by atoms with Crippen molar-refractivity contribution < 1.29 is 27.3 Å². The third kappa shape index (κ3) is 6.06. The molecular weight excluding hydrogens is 623 g/mol. The molecule has 1 aliphatic rings. The first-order chi connectivity index (χ1) is 20.1. The number of aromatic nitrogens is 4. The Labute approximate surface area is 249 Å². The van der Waals surface area contributed by atoms with Gasteiger partial charge >= 0.3 is 7.82 Å². The van der Waals surface area contributed by atoms with E-state index in [0.717, 1.165) is 6.42 Å². The summed E-state index contributed by atoms with van der Waals surface area (Å²) in [6.45, 7) is 0.655. The molecule has 0 aliphatic carbocycles. The largest absolute Gasteiger partial charge is 0.524 e. The lowest BCUT2D eigenvalue weighted by molar-refractivity contribution is 0.283. The van der Waals surface area contributed by atoms with E-state index < -0.39 is 17.8 Å². The first-order valence-corrected chi connectivity index (χ1v) is 17.0. The van der Waals surface area contributed by atoms with Crippen molar-refractivity contribution in [1.82, 2.24) is 23.7 Å². The van der Waals surface area contributed by atoms with E-state index in [4.69, 9.17) is 26.1 Å². The van der Waals surface area contributed by atoms with Gasteiger partial charge in [-0.05, 0) is 55.3 Å². The van der Waals surface area contributed by atoms with Crippen molar-refractivity contribution >= 4 is 51.7 Å². The number of phosphoric acid groups is 1. The third-order valence-corrected chi connectivity index (χ3v) is 10.00. The Morgan fingerprint density at radius 2 is 1.93 bits per heavy atom. The van der Waals surface area contributed by atoms with E-state index in [2.05, 4.69) is 10.3 Å². The third-order valence-electron chi connectivity index (χ3n) is 6.66. The van der Waals surface area contributed by atoms with Crippen LogP contribution in [0.1, 0.15) is 12.8 Å². The number of halogens is 1. The number of nitrogens with one attached hydrogen (secondary N) is 1. The average Bonchev–Trinajstić information content (AvgIpc) is 3.55. The molecule has 1 fully saturated rings. The Morgan fingerprint density at radius 1 is 1.12 bits per heavy atom. The first-order valence-electron chi connectivity index (χ1n) is 12.7. The lowest BCUT2D eigenvalue weighted by Gasteiger charge is -2.32. The van der Waals surface area contributed by atoms with Gasteiger partial charge in [-0.2, -0.15) is 4.31 Å². The topological polar surface area (TPSA) is 159 Å². The van der Waals surface area contributed by atoms with Crippen LogP contribution in [0.3, 0.4) is 0 Å². The predicted octanol–water partition coefficient (Wildman–Crippen LogP) is 4.91. The highest BCUT2D eigenvalue weighted by atomic mass is 35.5. The summed E-state index contributed by atoms with van der Waals surface area (Å²) in [7, 11) is -8.44. The summed E-state index contributed by atoms with van der Waals surface area (Å²) in [4.78, 5) is 33.3. The van der Waals surface area contributed by atoms with E-state index in [1.54, 1.807) is 36.5 Å². The fraction of sp³-hybridized carbons (Fsp3) is 0.192. The Morgan fingerprint density at radius 3 is 2.71 bits per heavy atom. The van der Waals surface area contributed by atoms with Crippen LogP contribution in [-0.2, 0) is 14.6 Å². The van der Waals surface area contributed by atoms with Gasteiger partial charge in [-0.25, -0.2) is 27.9 Å². The number of benzene rings is 2. The lowest BCUT2D eigenvalue weighted by Crippen LogP contribution is -2.45. The molecule has 6 rings (SSSR count). The summed E-state index contributed by atoms with van der Waals surface area (Å²) in [5, 5.41) is 5.65. The smallest absolute Gasteiger partial charge is 0.404 e. The van der Waals surface area contributed by atoms with E-state index in [1.807, 2.05) is 16.0 Å². The molecule has 4 heterocycles. The van der Waals surface area contributed by atoms with Gasteiger partial charge in [0.05, 0.1) is 16.3 Å². The molecule has 0 radical (unpaired) electrons. The van der Waals surface area contributed by atoms with Crippen LogP contribution in [0.5, 0.6) is 5.75 Å². The van der Waals surface area contributed by atoms with Crippen LogP contribution in [0.2, 0.25) is 5.02 Å². The van der Waals surface area contributed by atoms with Crippen molar-refractivity contribution in [2.24, 2.45) is 0 Å². The van der Waals surface area contributed by atoms with Gasteiger partial charge in [0.15, 0.2) is 4.96 Å². The highest BCUT2D eigenvalue weighted by molar-refractivity contribution is 7.89. The molecule has 0 bridgehead atoms. The summed E-state index contributed by atoms with van der Waals surface area (Å²) in [5.41, 5.74) is 2.33. The molecule has 12 nitrogen and oxygen atoms in total. The minimum absolute atomic E-state index is 0.00332. The number of phosphoric ester groups is 1. The van der Waals surface area contributed by atoms with Gasteiger partial charge in [0, 0.05) is 47.5 Å².